The van der Waals surface area contributed by atoms with Crippen molar-refractivity contribution in [2.75, 3.05) is 6.26 Å². The summed E-state index contributed by atoms with van der Waals surface area (Å²) in [5.41, 5.74) is 7.11. The lowest BCUT2D eigenvalue weighted by molar-refractivity contribution is 0.309. The maximum atomic E-state index is 11.7. The fourth-order valence-corrected chi connectivity index (χ4v) is 4.54. The van der Waals surface area contributed by atoms with Gasteiger partial charge in [-0.15, -0.1) is 0 Å². The first kappa shape index (κ1) is 16.1. The van der Waals surface area contributed by atoms with Crippen molar-refractivity contribution in [2.24, 2.45) is 11.7 Å². The van der Waals surface area contributed by atoms with Crippen LogP contribution in [0.25, 0.3) is 0 Å². The van der Waals surface area contributed by atoms with Gasteiger partial charge in [-0.3, -0.25) is 0 Å². The van der Waals surface area contributed by atoms with Gasteiger partial charge in [0.15, 0.2) is 0 Å². The molecule has 1 aromatic rings. The molecule has 2 N–H and O–H groups in total. The van der Waals surface area contributed by atoms with E-state index in [9.17, 15) is 8.42 Å². The lowest BCUT2D eigenvalue weighted by Crippen LogP contribution is -2.33. The third-order valence-corrected chi connectivity index (χ3v) is 6.32. The molecule has 1 saturated carbocycles. The van der Waals surface area contributed by atoms with E-state index in [-0.39, 0.29) is 17.2 Å². The molecule has 20 heavy (non-hydrogen) atoms. The van der Waals surface area contributed by atoms with Crippen LogP contribution >= 0.6 is 23.2 Å². The van der Waals surface area contributed by atoms with E-state index >= 15 is 0 Å². The van der Waals surface area contributed by atoms with E-state index in [0.717, 1.165) is 24.8 Å². The van der Waals surface area contributed by atoms with Crippen LogP contribution in [0.15, 0.2) is 18.2 Å². The fourth-order valence-electron chi connectivity index (χ4n) is 2.92. The van der Waals surface area contributed by atoms with Gasteiger partial charge in [0, 0.05) is 22.3 Å². The topological polar surface area (TPSA) is 60.2 Å². The number of rotatable bonds is 3. The first-order valence-electron chi connectivity index (χ1n) is 6.68. The van der Waals surface area contributed by atoms with E-state index in [1.807, 2.05) is 0 Å². The second kappa shape index (κ2) is 6.22. The van der Waals surface area contributed by atoms with Gasteiger partial charge < -0.3 is 5.73 Å². The minimum Gasteiger partial charge on any atom is -0.324 e. The highest BCUT2D eigenvalue weighted by molar-refractivity contribution is 7.91. The quantitative estimate of drug-likeness (QED) is 0.917. The molecule has 1 aromatic carbocycles. The maximum absolute atomic E-state index is 11.7. The Labute approximate surface area is 130 Å². The second-order valence-corrected chi connectivity index (χ2v) is 8.74. The third-order valence-electron chi connectivity index (χ3n) is 4.10. The molecule has 0 radical (unpaired) electrons. The zero-order chi connectivity index (χ0) is 14.9. The molecular weight excluding hydrogens is 317 g/mol. The van der Waals surface area contributed by atoms with Gasteiger partial charge in [0.2, 0.25) is 0 Å². The van der Waals surface area contributed by atoms with Crippen LogP contribution in [0.4, 0.5) is 0 Å². The highest BCUT2D eigenvalue weighted by Crippen LogP contribution is 2.38. The molecule has 112 valence electrons. The Bertz CT molecular complexity index is 589. The van der Waals surface area contributed by atoms with Crippen LogP contribution in [-0.4, -0.2) is 19.9 Å². The summed E-state index contributed by atoms with van der Waals surface area (Å²) in [4.78, 5) is 0. The molecule has 0 aliphatic heterocycles. The van der Waals surface area contributed by atoms with Gasteiger partial charge in [-0.2, -0.15) is 0 Å². The van der Waals surface area contributed by atoms with Crippen molar-refractivity contribution in [1.29, 1.82) is 0 Å². The minimum atomic E-state index is -3.01. The minimum absolute atomic E-state index is 0.124. The van der Waals surface area contributed by atoms with Crippen molar-refractivity contribution in [1.82, 2.24) is 0 Å². The summed E-state index contributed by atoms with van der Waals surface area (Å²) in [5, 5.41) is 0.893. The smallest absolute Gasteiger partial charge is 0.150 e. The van der Waals surface area contributed by atoms with Gasteiger partial charge in [-0.25, -0.2) is 8.42 Å². The monoisotopic (exact) mass is 335 g/mol. The number of hydrogen-bond acceptors (Lipinski definition) is 3. The number of benzene rings is 1. The Morgan fingerprint density at radius 3 is 2.65 bits per heavy atom. The van der Waals surface area contributed by atoms with Crippen LogP contribution in [0.3, 0.4) is 0 Å². The summed E-state index contributed by atoms with van der Waals surface area (Å²) >= 11 is 12.2. The summed E-state index contributed by atoms with van der Waals surface area (Å²) in [5.74, 6) is 0.124. The van der Waals surface area contributed by atoms with E-state index < -0.39 is 9.84 Å². The highest BCUT2D eigenvalue weighted by Gasteiger charge is 2.32. The average Bonchev–Trinajstić information content (AvgIpc) is 2.40. The van der Waals surface area contributed by atoms with Crippen molar-refractivity contribution in [3.8, 4) is 0 Å². The standard InChI is InChI=1S/C14H19Cl2NO2S/c1-20(18,19)11-4-2-3-9(7-11)14(17)12-8-10(15)5-6-13(12)16/h5-6,8-9,11,14H,2-4,7,17H2,1H3. The van der Waals surface area contributed by atoms with Gasteiger partial charge in [0.25, 0.3) is 0 Å². The first-order valence-corrected chi connectivity index (χ1v) is 9.39. The molecule has 1 aliphatic carbocycles. The zero-order valence-electron chi connectivity index (χ0n) is 11.4. The van der Waals surface area contributed by atoms with Gasteiger partial charge in [-0.05, 0) is 48.9 Å². The molecule has 0 spiro atoms. The molecule has 1 fully saturated rings. The largest absolute Gasteiger partial charge is 0.324 e. The van der Waals surface area contributed by atoms with Gasteiger partial charge >= 0.3 is 0 Å². The van der Waals surface area contributed by atoms with E-state index in [4.69, 9.17) is 28.9 Å². The predicted molar refractivity (Wildman–Crippen MR) is 84.0 cm³/mol. The highest BCUT2D eigenvalue weighted by atomic mass is 35.5. The van der Waals surface area contributed by atoms with Crippen molar-refractivity contribution < 1.29 is 8.42 Å². The molecule has 0 aromatic heterocycles. The van der Waals surface area contributed by atoms with Crippen LogP contribution in [0.5, 0.6) is 0 Å². The predicted octanol–water partition coefficient (Wildman–Crippen LogP) is 3.60. The van der Waals surface area contributed by atoms with E-state index in [0.29, 0.717) is 16.5 Å². The Morgan fingerprint density at radius 1 is 1.30 bits per heavy atom. The Balaban J connectivity index is 2.20. The van der Waals surface area contributed by atoms with E-state index in [1.54, 1.807) is 18.2 Å². The molecule has 0 heterocycles. The molecular formula is C14H19Cl2NO2S. The summed E-state index contributed by atoms with van der Waals surface area (Å²) in [6, 6.07) is 4.96. The third kappa shape index (κ3) is 3.67. The molecule has 1 aliphatic rings. The maximum Gasteiger partial charge on any atom is 0.150 e. The number of hydrogen-bond donors (Lipinski definition) is 1. The Kier molecular flexibility index (Phi) is 5.00. The van der Waals surface area contributed by atoms with Crippen molar-refractivity contribution >= 4 is 33.0 Å². The molecule has 3 atom stereocenters. The normalized spacial score (nSPS) is 25.4. The van der Waals surface area contributed by atoms with Crippen molar-refractivity contribution in [3.05, 3.63) is 33.8 Å². The number of sulfone groups is 1. The second-order valence-electron chi connectivity index (χ2n) is 5.57. The van der Waals surface area contributed by atoms with E-state index in [2.05, 4.69) is 0 Å². The average molecular weight is 336 g/mol. The van der Waals surface area contributed by atoms with Crippen molar-refractivity contribution in [2.45, 2.75) is 37.0 Å². The number of nitrogens with two attached hydrogens (primary N) is 1. The fraction of sp³-hybridized carbons (Fsp3) is 0.571. The van der Waals surface area contributed by atoms with Gasteiger partial charge in [0.1, 0.15) is 9.84 Å². The van der Waals surface area contributed by atoms with Crippen LogP contribution in [0.1, 0.15) is 37.3 Å². The molecule has 0 saturated heterocycles. The molecule has 0 bridgehead atoms. The zero-order valence-corrected chi connectivity index (χ0v) is 13.7. The molecule has 6 heteroatoms. The van der Waals surface area contributed by atoms with E-state index in [1.165, 1.54) is 6.26 Å². The summed E-state index contributed by atoms with van der Waals surface area (Å²) in [6.07, 6.45) is 4.44. The first-order chi connectivity index (χ1) is 9.29. The summed E-state index contributed by atoms with van der Waals surface area (Å²) in [7, 11) is -3.01. The molecule has 0 amide bonds. The molecule has 3 nitrogen and oxygen atoms in total. The van der Waals surface area contributed by atoms with Crippen LogP contribution in [0, 0.1) is 5.92 Å². The molecule has 2 rings (SSSR count). The van der Waals surface area contributed by atoms with Crippen LogP contribution < -0.4 is 5.73 Å². The summed E-state index contributed by atoms with van der Waals surface area (Å²) in [6.45, 7) is 0. The van der Waals surface area contributed by atoms with Gasteiger partial charge in [-0.1, -0.05) is 29.6 Å². The lowest BCUT2D eigenvalue weighted by atomic mass is 9.81. The Hall–Kier alpha value is -0.290. The SMILES string of the molecule is CS(=O)(=O)C1CCCC(C(N)c2cc(Cl)ccc2Cl)C1. The van der Waals surface area contributed by atoms with Crippen LogP contribution in [-0.2, 0) is 9.84 Å². The van der Waals surface area contributed by atoms with Gasteiger partial charge in [0.05, 0.1) is 5.25 Å². The summed E-state index contributed by atoms with van der Waals surface area (Å²) < 4.78 is 23.4. The van der Waals surface area contributed by atoms with Crippen LogP contribution in [0.2, 0.25) is 10.0 Å². The lowest BCUT2D eigenvalue weighted by Gasteiger charge is -2.32. The Morgan fingerprint density at radius 2 is 2.00 bits per heavy atom. The molecule has 3 unspecified atom stereocenters. The van der Waals surface area contributed by atoms with Crippen molar-refractivity contribution in [3.63, 3.8) is 0 Å². The number of halogens is 2.